The van der Waals surface area contributed by atoms with E-state index in [9.17, 15) is 0 Å². The van der Waals surface area contributed by atoms with Gasteiger partial charge in [0.15, 0.2) is 6.33 Å². The van der Waals surface area contributed by atoms with Crippen LogP contribution in [0.2, 0.25) is 0 Å². The van der Waals surface area contributed by atoms with Crippen LogP contribution in [-0.4, -0.2) is 40.7 Å². The van der Waals surface area contributed by atoms with E-state index in [1.165, 1.54) is 45.1 Å². The Morgan fingerprint density at radius 1 is 1.41 bits per heavy atom. The third-order valence-electron chi connectivity index (χ3n) is 3.70. The molecule has 1 aromatic heterocycles. The van der Waals surface area contributed by atoms with Crippen molar-refractivity contribution in [3.63, 3.8) is 0 Å². The van der Waals surface area contributed by atoms with Gasteiger partial charge in [0.05, 0.1) is 6.54 Å². The molecule has 1 atom stereocenters. The molecule has 17 heavy (non-hydrogen) atoms. The molecule has 94 valence electrons. The van der Waals surface area contributed by atoms with Gasteiger partial charge in [-0.15, -0.1) is 0 Å². The second-order valence-electron chi connectivity index (χ2n) is 5.21. The summed E-state index contributed by atoms with van der Waals surface area (Å²) in [6.07, 6.45) is 6.80. The van der Waals surface area contributed by atoms with E-state index < -0.39 is 0 Å². The van der Waals surface area contributed by atoms with Gasteiger partial charge in [-0.2, -0.15) is 4.98 Å². The Bertz CT molecular complexity index is 330. The van der Waals surface area contributed by atoms with Crippen molar-refractivity contribution in [1.29, 1.82) is 0 Å². The maximum absolute atomic E-state index is 5.11. The zero-order valence-electron chi connectivity index (χ0n) is 10.1. The zero-order chi connectivity index (χ0) is 11.5. The van der Waals surface area contributed by atoms with E-state index in [0.29, 0.717) is 0 Å². The van der Waals surface area contributed by atoms with Crippen molar-refractivity contribution in [3.05, 3.63) is 12.2 Å². The van der Waals surface area contributed by atoms with E-state index in [4.69, 9.17) is 4.52 Å². The fourth-order valence-corrected chi connectivity index (χ4v) is 2.63. The smallest absolute Gasteiger partial charge is 0.240 e. The van der Waals surface area contributed by atoms with Crippen LogP contribution in [0.4, 0.5) is 0 Å². The van der Waals surface area contributed by atoms with E-state index in [1.807, 2.05) is 0 Å². The summed E-state index contributed by atoms with van der Waals surface area (Å²) in [5.41, 5.74) is 0. The first-order valence-corrected chi connectivity index (χ1v) is 6.62. The summed E-state index contributed by atoms with van der Waals surface area (Å²) in [4.78, 5) is 6.64. The average molecular weight is 236 g/mol. The normalized spacial score (nSPS) is 25.4. The highest BCUT2D eigenvalue weighted by molar-refractivity contribution is 4.89. The minimum Gasteiger partial charge on any atom is -0.338 e. The van der Waals surface area contributed by atoms with Gasteiger partial charge >= 0.3 is 0 Å². The van der Waals surface area contributed by atoms with Crippen LogP contribution in [-0.2, 0) is 6.54 Å². The zero-order valence-corrected chi connectivity index (χ0v) is 10.1. The molecule has 0 aromatic carbocycles. The van der Waals surface area contributed by atoms with E-state index in [0.717, 1.165) is 30.9 Å². The molecule has 1 aromatic rings. The number of nitrogens with one attached hydrogen (secondary N) is 1. The number of hydrogen-bond acceptors (Lipinski definition) is 5. The SMILES string of the molecule is c1noc(CN(CC2CCCNC2)C2CC2)n1. The van der Waals surface area contributed by atoms with E-state index >= 15 is 0 Å². The standard InChI is InChI=1S/C12H20N4O/c1-2-10(6-13-5-1)7-16(11-3-4-11)8-12-14-9-15-17-12/h9-11,13H,1-8H2. The molecule has 5 nitrogen and oxygen atoms in total. The van der Waals surface area contributed by atoms with Gasteiger partial charge in [0.2, 0.25) is 5.89 Å². The van der Waals surface area contributed by atoms with Crippen LogP contribution in [0.15, 0.2) is 10.9 Å². The highest BCUT2D eigenvalue weighted by atomic mass is 16.5. The maximum Gasteiger partial charge on any atom is 0.240 e. The molecule has 0 amide bonds. The highest BCUT2D eigenvalue weighted by Crippen LogP contribution is 2.29. The Balaban J connectivity index is 1.56. The summed E-state index contributed by atoms with van der Waals surface area (Å²) >= 11 is 0. The molecule has 1 saturated carbocycles. The Morgan fingerprint density at radius 2 is 2.35 bits per heavy atom. The lowest BCUT2D eigenvalue weighted by molar-refractivity contribution is 0.172. The maximum atomic E-state index is 5.11. The molecule has 1 unspecified atom stereocenters. The van der Waals surface area contributed by atoms with Gasteiger partial charge in [0.1, 0.15) is 0 Å². The number of aromatic nitrogens is 2. The Hall–Kier alpha value is -0.940. The van der Waals surface area contributed by atoms with Gasteiger partial charge in [0.25, 0.3) is 0 Å². The molecule has 0 bridgehead atoms. The van der Waals surface area contributed by atoms with Gasteiger partial charge in [-0.25, -0.2) is 0 Å². The molecule has 0 spiro atoms. The first kappa shape index (κ1) is 11.2. The molecule has 1 aliphatic heterocycles. The van der Waals surface area contributed by atoms with Crippen LogP contribution in [0.25, 0.3) is 0 Å². The van der Waals surface area contributed by atoms with Gasteiger partial charge in [0, 0.05) is 12.6 Å². The molecular formula is C12H20N4O. The lowest BCUT2D eigenvalue weighted by Gasteiger charge is -2.29. The van der Waals surface area contributed by atoms with Crippen molar-refractivity contribution >= 4 is 0 Å². The van der Waals surface area contributed by atoms with Crippen molar-refractivity contribution in [2.75, 3.05) is 19.6 Å². The Morgan fingerprint density at radius 3 is 3.00 bits per heavy atom. The van der Waals surface area contributed by atoms with Gasteiger partial charge < -0.3 is 9.84 Å². The molecular weight excluding hydrogens is 216 g/mol. The minimum atomic E-state index is 0.751. The lowest BCUT2D eigenvalue weighted by Crippen LogP contribution is -2.39. The van der Waals surface area contributed by atoms with E-state index in [1.54, 1.807) is 0 Å². The number of hydrogen-bond donors (Lipinski definition) is 1. The monoisotopic (exact) mass is 236 g/mol. The number of nitrogens with zero attached hydrogens (tertiary/aromatic N) is 3. The van der Waals surface area contributed by atoms with Crippen LogP contribution in [0.3, 0.4) is 0 Å². The third-order valence-corrected chi connectivity index (χ3v) is 3.70. The van der Waals surface area contributed by atoms with Crippen molar-refractivity contribution in [2.45, 2.75) is 38.3 Å². The Kier molecular flexibility index (Phi) is 3.38. The average Bonchev–Trinajstić information content (AvgIpc) is 3.09. The summed E-state index contributed by atoms with van der Waals surface area (Å²) in [7, 11) is 0. The molecule has 3 rings (SSSR count). The molecule has 5 heteroatoms. The van der Waals surface area contributed by atoms with Crippen LogP contribution in [0, 0.1) is 5.92 Å². The number of rotatable bonds is 5. The summed E-state index contributed by atoms with van der Waals surface area (Å²) in [5.74, 6) is 1.54. The van der Waals surface area contributed by atoms with Gasteiger partial charge in [-0.05, 0) is 44.7 Å². The molecule has 0 radical (unpaired) electrons. The third kappa shape index (κ3) is 3.04. The molecule has 1 aliphatic carbocycles. The largest absolute Gasteiger partial charge is 0.338 e. The highest BCUT2D eigenvalue weighted by Gasteiger charge is 2.31. The topological polar surface area (TPSA) is 54.2 Å². The fourth-order valence-electron chi connectivity index (χ4n) is 2.63. The second kappa shape index (κ2) is 5.14. The van der Waals surface area contributed by atoms with Crippen LogP contribution < -0.4 is 5.32 Å². The molecule has 1 saturated heterocycles. The van der Waals surface area contributed by atoms with Gasteiger partial charge in [-0.1, -0.05) is 5.16 Å². The molecule has 2 fully saturated rings. The first-order chi connectivity index (χ1) is 8.42. The lowest BCUT2D eigenvalue weighted by atomic mass is 9.99. The van der Waals surface area contributed by atoms with E-state index in [-0.39, 0.29) is 0 Å². The molecule has 1 N–H and O–H groups in total. The second-order valence-corrected chi connectivity index (χ2v) is 5.21. The van der Waals surface area contributed by atoms with Crippen molar-refractivity contribution in [3.8, 4) is 0 Å². The minimum absolute atomic E-state index is 0.751. The van der Waals surface area contributed by atoms with Crippen LogP contribution in [0.5, 0.6) is 0 Å². The van der Waals surface area contributed by atoms with Crippen LogP contribution >= 0.6 is 0 Å². The predicted molar refractivity (Wildman–Crippen MR) is 63.3 cm³/mol. The molecule has 2 heterocycles. The van der Waals surface area contributed by atoms with Gasteiger partial charge in [-0.3, -0.25) is 4.90 Å². The first-order valence-electron chi connectivity index (χ1n) is 6.62. The predicted octanol–water partition coefficient (Wildman–Crippen LogP) is 1.03. The van der Waals surface area contributed by atoms with Crippen molar-refractivity contribution in [1.82, 2.24) is 20.4 Å². The number of piperidine rings is 1. The van der Waals surface area contributed by atoms with Crippen molar-refractivity contribution < 1.29 is 4.52 Å². The summed E-state index contributed by atoms with van der Waals surface area (Å²) < 4.78 is 5.11. The summed E-state index contributed by atoms with van der Waals surface area (Å²) in [6, 6.07) is 0.754. The molecule has 2 aliphatic rings. The quantitative estimate of drug-likeness (QED) is 0.827. The van der Waals surface area contributed by atoms with Crippen molar-refractivity contribution in [2.24, 2.45) is 5.92 Å². The summed E-state index contributed by atoms with van der Waals surface area (Å²) in [6.45, 7) is 4.33. The Labute approximate surface area is 102 Å². The fraction of sp³-hybridized carbons (Fsp3) is 0.833. The van der Waals surface area contributed by atoms with E-state index in [2.05, 4.69) is 20.4 Å². The van der Waals surface area contributed by atoms with Crippen LogP contribution in [0.1, 0.15) is 31.6 Å². The summed E-state index contributed by atoms with van der Waals surface area (Å²) in [5, 5.41) is 7.16.